The van der Waals surface area contributed by atoms with Gasteiger partial charge in [0.25, 0.3) is 0 Å². The maximum atomic E-state index is 13.0. The number of aromatic nitrogens is 2. The molecule has 0 spiro atoms. The van der Waals surface area contributed by atoms with Crippen LogP contribution in [0.15, 0.2) is 22.0 Å². The van der Waals surface area contributed by atoms with Crippen LogP contribution in [0, 0.1) is 5.92 Å². The third-order valence-corrected chi connectivity index (χ3v) is 6.76. The van der Waals surface area contributed by atoms with Crippen LogP contribution in [0.3, 0.4) is 0 Å². The summed E-state index contributed by atoms with van der Waals surface area (Å²) >= 11 is 1.61. The fourth-order valence-electron chi connectivity index (χ4n) is 4.35. The number of piperidine rings is 1. The van der Waals surface area contributed by atoms with Crippen LogP contribution in [-0.2, 0) is 11.3 Å². The lowest BCUT2D eigenvalue weighted by Gasteiger charge is -2.37. The van der Waals surface area contributed by atoms with Crippen molar-refractivity contribution in [3.8, 4) is 10.7 Å². The molecule has 1 aliphatic heterocycles. The van der Waals surface area contributed by atoms with E-state index in [1.165, 1.54) is 19.3 Å². The van der Waals surface area contributed by atoms with E-state index < -0.39 is 0 Å². The Bertz CT molecular complexity index is 739. The molecule has 2 aromatic heterocycles. The molecule has 1 unspecified atom stereocenters. The number of hydrogen-bond donors (Lipinski definition) is 0. The van der Waals surface area contributed by atoms with E-state index in [4.69, 9.17) is 4.52 Å². The molecule has 2 aromatic rings. The first-order chi connectivity index (χ1) is 13.2. The molecule has 1 saturated carbocycles. The quantitative estimate of drug-likeness (QED) is 0.780. The molecule has 146 valence electrons. The Morgan fingerprint density at radius 3 is 2.93 bits per heavy atom. The average Bonchev–Trinajstić information content (AvgIpc) is 3.39. The summed E-state index contributed by atoms with van der Waals surface area (Å²) in [5, 5.41) is 6.10. The Morgan fingerprint density at radius 1 is 1.30 bits per heavy atom. The number of hydrogen-bond acceptors (Lipinski definition) is 6. The van der Waals surface area contributed by atoms with Crippen LogP contribution in [0.4, 0.5) is 0 Å². The van der Waals surface area contributed by atoms with Gasteiger partial charge in [-0.1, -0.05) is 30.5 Å². The van der Waals surface area contributed by atoms with E-state index in [1.807, 2.05) is 29.5 Å². The normalized spacial score (nSPS) is 22.0. The highest BCUT2D eigenvalue weighted by Gasteiger charge is 2.31. The summed E-state index contributed by atoms with van der Waals surface area (Å²) in [5.41, 5.74) is 0. The summed E-state index contributed by atoms with van der Waals surface area (Å²) in [4.78, 5) is 22.9. The molecule has 4 rings (SSSR count). The number of thiophene rings is 1. The number of likely N-dealkylation sites (tertiary alicyclic amines) is 1. The summed E-state index contributed by atoms with van der Waals surface area (Å²) < 4.78 is 5.44. The van der Waals surface area contributed by atoms with Gasteiger partial charge in [-0.2, -0.15) is 4.98 Å². The molecule has 1 aliphatic carbocycles. The van der Waals surface area contributed by atoms with Gasteiger partial charge in [0.1, 0.15) is 0 Å². The van der Waals surface area contributed by atoms with E-state index in [0.717, 1.165) is 43.6 Å². The SMILES string of the molecule is CN(C(=O)C1CCCN(Cc2nc(-c3cccs3)no2)C1)C1CCCCC1. The molecular formula is C20H28N4O2S. The van der Waals surface area contributed by atoms with Gasteiger partial charge >= 0.3 is 0 Å². The number of amides is 1. The summed E-state index contributed by atoms with van der Waals surface area (Å²) in [6, 6.07) is 4.42. The van der Waals surface area contributed by atoms with Crippen LogP contribution >= 0.6 is 11.3 Å². The Kier molecular flexibility index (Phi) is 5.88. The number of carbonyl (C=O) groups is 1. The third-order valence-electron chi connectivity index (χ3n) is 5.89. The number of carbonyl (C=O) groups excluding carboxylic acids is 1. The largest absolute Gasteiger partial charge is 0.342 e. The smallest absolute Gasteiger partial charge is 0.241 e. The van der Waals surface area contributed by atoms with Crippen molar-refractivity contribution in [3.63, 3.8) is 0 Å². The topological polar surface area (TPSA) is 62.5 Å². The van der Waals surface area contributed by atoms with Gasteiger partial charge in [-0.05, 0) is 43.7 Å². The van der Waals surface area contributed by atoms with E-state index >= 15 is 0 Å². The van der Waals surface area contributed by atoms with Crippen molar-refractivity contribution in [1.29, 1.82) is 0 Å². The Labute approximate surface area is 164 Å². The maximum absolute atomic E-state index is 13.0. The van der Waals surface area contributed by atoms with Crippen molar-refractivity contribution in [2.45, 2.75) is 57.5 Å². The Morgan fingerprint density at radius 2 is 2.15 bits per heavy atom. The third kappa shape index (κ3) is 4.41. The van der Waals surface area contributed by atoms with Crippen LogP contribution in [0.5, 0.6) is 0 Å². The molecule has 0 aromatic carbocycles. The minimum atomic E-state index is 0.0883. The molecule has 2 fully saturated rings. The molecule has 7 heteroatoms. The standard InChI is InChI=1S/C20H28N4O2S/c1-23(16-8-3-2-4-9-16)20(25)15-7-5-11-24(13-15)14-18-21-19(22-26-18)17-10-6-12-27-17/h6,10,12,15-16H,2-5,7-9,11,13-14H2,1H3. The molecule has 27 heavy (non-hydrogen) atoms. The van der Waals surface area contributed by atoms with Gasteiger partial charge in [-0.15, -0.1) is 11.3 Å². The van der Waals surface area contributed by atoms with Crippen molar-refractivity contribution in [2.75, 3.05) is 20.1 Å². The van der Waals surface area contributed by atoms with Crippen LogP contribution in [0.1, 0.15) is 50.8 Å². The average molecular weight is 389 g/mol. The highest BCUT2D eigenvalue weighted by atomic mass is 32.1. The summed E-state index contributed by atoms with van der Waals surface area (Å²) in [5.74, 6) is 1.69. The first-order valence-electron chi connectivity index (χ1n) is 10.1. The van der Waals surface area contributed by atoms with Gasteiger partial charge < -0.3 is 9.42 Å². The lowest BCUT2D eigenvalue weighted by molar-refractivity contribution is -0.138. The molecule has 3 heterocycles. The van der Waals surface area contributed by atoms with Gasteiger partial charge in [0, 0.05) is 19.6 Å². The Hall–Kier alpha value is -1.73. The molecule has 0 N–H and O–H groups in total. The minimum absolute atomic E-state index is 0.0883. The zero-order chi connectivity index (χ0) is 18.6. The zero-order valence-electron chi connectivity index (χ0n) is 16.0. The molecule has 0 radical (unpaired) electrons. The minimum Gasteiger partial charge on any atom is -0.342 e. The predicted molar refractivity (Wildman–Crippen MR) is 105 cm³/mol. The van der Waals surface area contributed by atoms with Crippen LogP contribution in [0.25, 0.3) is 10.7 Å². The van der Waals surface area contributed by atoms with E-state index in [1.54, 1.807) is 11.3 Å². The van der Waals surface area contributed by atoms with Gasteiger partial charge in [-0.3, -0.25) is 9.69 Å². The van der Waals surface area contributed by atoms with E-state index in [0.29, 0.717) is 30.2 Å². The van der Waals surface area contributed by atoms with Crippen LogP contribution in [0.2, 0.25) is 0 Å². The second-order valence-electron chi connectivity index (χ2n) is 7.80. The van der Waals surface area contributed by atoms with Crippen LogP contribution in [-0.4, -0.2) is 52.0 Å². The van der Waals surface area contributed by atoms with Crippen molar-refractivity contribution in [3.05, 3.63) is 23.4 Å². The molecule has 2 aliphatic rings. The fraction of sp³-hybridized carbons (Fsp3) is 0.650. The maximum Gasteiger partial charge on any atom is 0.241 e. The van der Waals surface area contributed by atoms with Crippen molar-refractivity contribution in [2.24, 2.45) is 5.92 Å². The second kappa shape index (κ2) is 8.52. The van der Waals surface area contributed by atoms with Crippen molar-refractivity contribution < 1.29 is 9.32 Å². The molecular weight excluding hydrogens is 360 g/mol. The Balaban J connectivity index is 1.34. The van der Waals surface area contributed by atoms with E-state index in [9.17, 15) is 4.79 Å². The summed E-state index contributed by atoms with van der Waals surface area (Å²) in [6.07, 6.45) is 8.16. The monoisotopic (exact) mass is 388 g/mol. The lowest BCUT2D eigenvalue weighted by Crippen LogP contribution is -2.47. The van der Waals surface area contributed by atoms with Crippen molar-refractivity contribution in [1.82, 2.24) is 19.9 Å². The highest BCUT2D eigenvalue weighted by Crippen LogP contribution is 2.26. The number of rotatable bonds is 5. The second-order valence-corrected chi connectivity index (χ2v) is 8.75. The first-order valence-corrected chi connectivity index (χ1v) is 10.9. The highest BCUT2D eigenvalue weighted by molar-refractivity contribution is 7.13. The van der Waals surface area contributed by atoms with Gasteiger partial charge in [0.15, 0.2) is 0 Å². The van der Waals surface area contributed by atoms with Gasteiger partial charge in [-0.25, -0.2) is 0 Å². The van der Waals surface area contributed by atoms with E-state index in [-0.39, 0.29) is 5.92 Å². The first kappa shape index (κ1) is 18.6. The molecule has 1 amide bonds. The van der Waals surface area contributed by atoms with Gasteiger partial charge in [0.2, 0.25) is 17.6 Å². The zero-order valence-corrected chi connectivity index (χ0v) is 16.8. The van der Waals surface area contributed by atoms with Gasteiger partial charge in [0.05, 0.1) is 17.3 Å². The summed E-state index contributed by atoms with van der Waals surface area (Å²) in [6.45, 7) is 2.38. The van der Waals surface area contributed by atoms with Crippen molar-refractivity contribution >= 4 is 17.2 Å². The fourth-order valence-corrected chi connectivity index (χ4v) is 5.00. The van der Waals surface area contributed by atoms with E-state index in [2.05, 4.69) is 15.0 Å². The molecule has 0 bridgehead atoms. The molecule has 6 nitrogen and oxygen atoms in total. The lowest BCUT2D eigenvalue weighted by atomic mass is 9.91. The predicted octanol–water partition coefficient (Wildman–Crippen LogP) is 3.80. The molecule has 1 saturated heterocycles. The summed E-state index contributed by atoms with van der Waals surface area (Å²) in [7, 11) is 2.00. The molecule has 1 atom stereocenters. The number of nitrogens with zero attached hydrogens (tertiary/aromatic N) is 4. The van der Waals surface area contributed by atoms with Crippen LogP contribution < -0.4 is 0 Å².